The van der Waals surface area contributed by atoms with Gasteiger partial charge in [-0.05, 0) is 23.8 Å². The standard InChI is InChI=1S/C18H16BrN3O3/c19-14-7-5-13(6-8-14)18(16(23)20-17(24)21-18)10-22-9-12-3-1-2-4-15(12)25-11-22/h1-8H,9-11H2,(H2,20,21,23,24). The van der Waals surface area contributed by atoms with Crippen LogP contribution >= 0.6 is 15.9 Å². The van der Waals surface area contributed by atoms with Crippen LogP contribution in [0.4, 0.5) is 4.79 Å². The minimum atomic E-state index is -1.13. The van der Waals surface area contributed by atoms with Gasteiger partial charge in [0.05, 0.1) is 0 Å². The molecule has 2 aromatic carbocycles. The summed E-state index contributed by atoms with van der Waals surface area (Å²) in [6.07, 6.45) is 0. The van der Waals surface area contributed by atoms with E-state index < -0.39 is 11.6 Å². The molecule has 1 saturated heterocycles. The van der Waals surface area contributed by atoms with E-state index in [0.29, 0.717) is 19.8 Å². The van der Waals surface area contributed by atoms with Crippen molar-refractivity contribution in [3.05, 3.63) is 64.1 Å². The predicted octanol–water partition coefficient (Wildman–Crippen LogP) is 2.34. The number of urea groups is 1. The minimum absolute atomic E-state index is 0.320. The Kier molecular flexibility index (Phi) is 3.97. The molecule has 7 heteroatoms. The van der Waals surface area contributed by atoms with Gasteiger partial charge in [-0.15, -0.1) is 0 Å². The van der Waals surface area contributed by atoms with Gasteiger partial charge >= 0.3 is 6.03 Å². The topological polar surface area (TPSA) is 70.7 Å². The fraction of sp³-hybridized carbons (Fsp3) is 0.222. The summed E-state index contributed by atoms with van der Waals surface area (Å²) in [6.45, 7) is 1.33. The second-order valence-corrected chi connectivity index (χ2v) is 7.10. The van der Waals surface area contributed by atoms with Crippen molar-refractivity contribution in [3.8, 4) is 5.75 Å². The highest BCUT2D eigenvalue weighted by molar-refractivity contribution is 9.10. The highest BCUT2D eigenvalue weighted by atomic mass is 79.9. The fourth-order valence-corrected chi connectivity index (χ4v) is 3.56. The van der Waals surface area contributed by atoms with Crippen molar-refractivity contribution in [2.45, 2.75) is 12.1 Å². The van der Waals surface area contributed by atoms with Gasteiger partial charge < -0.3 is 10.1 Å². The molecule has 0 radical (unpaired) electrons. The van der Waals surface area contributed by atoms with E-state index in [9.17, 15) is 9.59 Å². The molecule has 6 nitrogen and oxygen atoms in total. The second-order valence-electron chi connectivity index (χ2n) is 6.19. The fourth-order valence-electron chi connectivity index (χ4n) is 3.29. The van der Waals surface area contributed by atoms with Crippen molar-refractivity contribution in [2.24, 2.45) is 0 Å². The average Bonchev–Trinajstić information content (AvgIpc) is 2.89. The van der Waals surface area contributed by atoms with Gasteiger partial charge in [0.15, 0.2) is 5.54 Å². The van der Waals surface area contributed by atoms with E-state index in [1.165, 1.54) is 0 Å². The molecule has 128 valence electrons. The van der Waals surface area contributed by atoms with E-state index in [2.05, 4.69) is 26.6 Å². The molecule has 0 spiro atoms. The number of ether oxygens (including phenoxy) is 1. The maximum Gasteiger partial charge on any atom is 0.322 e. The molecule has 0 saturated carbocycles. The molecular weight excluding hydrogens is 386 g/mol. The molecule has 3 amide bonds. The van der Waals surface area contributed by atoms with E-state index in [0.717, 1.165) is 21.3 Å². The Morgan fingerprint density at radius 2 is 1.88 bits per heavy atom. The Bertz CT molecular complexity index is 840. The number of benzene rings is 2. The van der Waals surface area contributed by atoms with Crippen LogP contribution in [0, 0.1) is 0 Å². The smallest absolute Gasteiger partial charge is 0.322 e. The van der Waals surface area contributed by atoms with Crippen molar-refractivity contribution >= 4 is 27.9 Å². The zero-order valence-electron chi connectivity index (χ0n) is 13.3. The molecule has 2 aliphatic rings. The summed E-state index contributed by atoms with van der Waals surface area (Å²) in [6, 6.07) is 14.7. The zero-order chi connectivity index (χ0) is 17.4. The van der Waals surface area contributed by atoms with Crippen LogP contribution in [0.5, 0.6) is 5.75 Å². The largest absolute Gasteiger partial charge is 0.478 e. The Balaban J connectivity index is 1.65. The molecular formula is C18H16BrN3O3. The quantitative estimate of drug-likeness (QED) is 0.774. The number of carbonyl (C=O) groups excluding carboxylic acids is 2. The number of carbonyl (C=O) groups is 2. The third-order valence-electron chi connectivity index (χ3n) is 4.51. The summed E-state index contributed by atoms with van der Waals surface area (Å²) in [5.41, 5.74) is 0.662. The van der Waals surface area contributed by atoms with E-state index in [4.69, 9.17) is 4.74 Å². The maximum absolute atomic E-state index is 12.6. The SMILES string of the molecule is O=C1NC(=O)C(CN2COc3ccccc3C2)(c2ccc(Br)cc2)N1. The summed E-state index contributed by atoms with van der Waals surface area (Å²) < 4.78 is 6.69. The molecule has 2 aliphatic heterocycles. The lowest BCUT2D eigenvalue weighted by Gasteiger charge is -2.35. The number of fused-ring (bicyclic) bond motifs is 1. The van der Waals surface area contributed by atoms with Gasteiger partial charge in [-0.25, -0.2) is 4.79 Å². The summed E-state index contributed by atoms with van der Waals surface area (Å²) in [7, 11) is 0. The maximum atomic E-state index is 12.6. The molecule has 4 rings (SSSR count). The van der Waals surface area contributed by atoms with Crippen molar-refractivity contribution in [3.63, 3.8) is 0 Å². The molecule has 25 heavy (non-hydrogen) atoms. The van der Waals surface area contributed by atoms with Crippen molar-refractivity contribution < 1.29 is 14.3 Å². The Hall–Kier alpha value is -2.38. The van der Waals surface area contributed by atoms with Crippen LogP contribution in [0.25, 0.3) is 0 Å². The molecule has 2 aromatic rings. The van der Waals surface area contributed by atoms with Crippen LogP contribution in [-0.2, 0) is 16.9 Å². The van der Waals surface area contributed by atoms with Gasteiger partial charge in [0, 0.05) is 23.1 Å². The van der Waals surface area contributed by atoms with Crippen molar-refractivity contribution in [2.75, 3.05) is 13.3 Å². The van der Waals surface area contributed by atoms with Crippen LogP contribution in [0.1, 0.15) is 11.1 Å². The molecule has 0 bridgehead atoms. The number of nitrogens with one attached hydrogen (secondary N) is 2. The summed E-state index contributed by atoms with van der Waals surface area (Å²) in [4.78, 5) is 26.5. The number of hydrogen-bond donors (Lipinski definition) is 2. The predicted molar refractivity (Wildman–Crippen MR) is 94.8 cm³/mol. The Morgan fingerprint density at radius 1 is 1.12 bits per heavy atom. The van der Waals surface area contributed by atoms with E-state index >= 15 is 0 Å². The van der Waals surface area contributed by atoms with Crippen LogP contribution in [0.2, 0.25) is 0 Å². The van der Waals surface area contributed by atoms with Gasteiger partial charge in [-0.1, -0.05) is 46.3 Å². The molecule has 2 N–H and O–H groups in total. The first-order valence-electron chi connectivity index (χ1n) is 7.89. The number of para-hydroxylation sites is 1. The molecule has 1 atom stereocenters. The van der Waals surface area contributed by atoms with Crippen LogP contribution in [-0.4, -0.2) is 30.1 Å². The van der Waals surface area contributed by atoms with Crippen LogP contribution in [0.15, 0.2) is 53.0 Å². The third kappa shape index (κ3) is 2.89. The first kappa shape index (κ1) is 16.1. The number of imide groups is 1. The highest BCUT2D eigenvalue weighted by Gasteiger charge is 2.49. The number of nitrogens with zero attached hydrogens (tertiary/aromatic N) is 1. The monoisotopic (exact) mass is 401 g/mol. The second kappa shape index (κ2) is 6.16. The van der Waals surface area contributed by atoms with Crippen molar-refractivity contribution in [1.82, 2.24) is 15.5 Å². The molecule has 0 aromatic heterocycles. The lowest BCUT2D eigenvalue weighted by Crippen LogP contribution is -2.53. The van der Waals surface area contributed by atoms with Crippen LogP contribution < -0.4 is 15.4 Å². The highest BCUT2D eigenvalue weighted by Crippen LogP contribution is 2.31. The summed E-state index contributed by atoms with van der Waals surface area (Å²) in [5, 5.41) is 5.17. The van der Waals surface area contributed by atoms with Gasteiger partial charge in [0.1, 0.15) is 12.5 Å². The Morgan fingerprint density at radius 3 is 2.60 bits per heavy atom. The molecule has 0 aliphatic carbocycles. The summed E-state index contributed by atoms with van der Waals surface area (Å²) >= 11 is 3.40. The van der Waals surface area contributed by atoms with Crippen molar-refractivity contribution in [1.29, 1.82) is 0 Å². The number of amides is 3. The molecule has 1 unspecified atom stereocenters. The van der Waals surface area contributed by atoms with Crippen LogP contribution in [0.3, 0.4) is 0 Å². The Labute approximate surface area is 153 Å². The number of hydrogen-bond acceptors (Lipinski definition) is 4. The lowest BCUT2D eigenvalue weighted by atomic mass is 9.89. The average molecular weight is 402 g/mol. The summed E-state index contributed by atoms with van der Waals surface area (Å²) in [5.74, 6) is 0.509. The number of rotatable bonds is 3. The molecule has 2 heterocycles. The number of halogens is 1. The van der Waals surface area contributed by atoms with E-state index in [1.807, 2.05) is 53.4 Å². The lowest BCUT2D eigenvalue weighted by molar-refractivity contribution is -0.125. The normalized spacial score (nSPS) is 22.8. The van der Waals surface area contributed by atoms with Gasteiger partial charge in [0.2, 0.25) is 0 Å². The third-order valence-corrected chi connectivity index (χ3v) is 5.04. The van der Waals surface area contributed by atoms with E-state index in [1.54, 1.807) is 0 Å². The van der Waals surface area contributed by atoms with Gasteiger partial charge in [-0.2, -0.15) is 0 Å². The first-order valence-corrected chi connectivity index (χ1v) is 8.69. The van der Waals surface area contributed by atoms with E-state index in [-0.39, 0.29) is 5.91 Å². The zero-order valence-corrected chi connectivity index (χ0v) is 14.9. The van der Waals surface area contributed by atoms with Gasteiger partial charge in [0.25, 0.3) is 5.91 Å². The minimum Gasteiger partial charge on any atom is -0.478 e. The van der Waals surface area contributed by atoms with Gasteiger partial charge in [-0.3, -0.25) is 15.0 Å². The first-order chi connectivity index (χ1) is 12.1. The molecule has 1 fully saturated rings.